The van der Waals surface area contributed by atoms with Crippen molar-refractivity contribution in [3.63, 3.8) is 0 Å². The van der Waals surface area contributed by atoms with Crippen LogP contribution in [0.1, 0.15) is 37.7 Å². The van der Waals surface area contributed by atoms with Crippen molar-refractivity contribution in [3.05, 3.63) is 35.1 Å². The second kappa shape index (κ2) is 3.13. The summed E-state index contributed by atoms with van der Waals surface area (Å²) >= 11 is 0. The van der Waals surface area contributed by atoms with Crippen molar-refractivity contribution < 1.29 is 4.42 Å². The summed E-state index contributed by atoms with van der Waals surface area (Å²) in [6.07, 6.45) is 0. The van der Waals surface area contributed by atoms with Crippen LogP contribution in [0.25, 0.3) is 11.0 Å². The number of fused-ring (bicyclic) bond motifs is 1. The van der Waals surface area contributed by atoms with E-state index in [9.17, 15) is 0 Å². The van der Waals surface area contributed by atoms with Crippen LogP contribution in [0, 0.1) is 13.8 Å². The second-order valence-corrected chi connectivity index (χ2v) is 5.34. The van der Waals surface area contributed by atoms with Crippen molar-refractivity contribution in [3.8, 4) is 0 Å². The molecule has 2 aromatic rings. The van der Waals surface area contributed by atoms with E-state index >= 15 is 0 Å². The van der Waals surface area contributed by atoms with Crippen LogP contribution in [0.2, 0.25) is 0 Å². The second-order valence-electron chi connectivity index (χ2n) is 5.34. The Morgan fingerprint density at radius 1 is 1.00 bits per heavy atom. The molecule has 0 aliphatic heterocycles. The van der Waals surface area contributed by atoms with Gasteiger partial charge in [-0.1, -0.05) is 26.8 Å². The number of aryl methyl sites for hydroxylation is 2. The zero-order chi connectivity index (χ0) is 11.2. The molecular formula is C14H18O. The van der Waals surface area contributed by atoms with Crippen LogP contribution in [0.5, 0.6) is 0 Å². The number of furan rings is 1. The molecule has 80 valence electrons. The van der Waals surface area contributed by atoms with Gasteiger partial charge in [0.2, 0.25) is 0 Å². The first kappa shape index (κ1) is 10.3. The van der Waals surface area contributed by atoms with E-state index in [4.69, 9.17) is 4.42 Å². The maximum atomic E-state index is 5.78. The summed E-state index contributed by atoms with van der Waals surface area (Å²) in [6.45, 7) is 10.8. The molecule has 0 spiro atoms. The molecule has 1 heteroatoms. The van der Waals surface area contributed by atoms with Crippen LogP contribution in [-0.2, 0) is 5.41 Å². The van der Waals surface area contributed by atoms with E-state index < -0.39 is 0 Å². The molecule has 1 nitrogen and oxygen atoms in total. The molecule has 1 aromatic heterocycles. The van der Waals surface area contributed by atoms with E-state index in [0.717, 1.165) is 11.3 Å². The molecule has 0 amide bonds. The molecule has 0 atom stereocenters. The average molecular weight is 202 g/mol. The van der Waals surface area contributed by atoms with E-state index in [0.29, 0.717) is 0 Å². The largest absolute Gasteiger partial charge is 0.461 e. The Kier molecular flexibility index (Phi) is 2.14. The van der Waals surface area contributed by atoms with Crippen LogP contribution in [0.4, 0.5) is 0 Å². The summed E-state index contributed by atoms with van der Waals surface area (Å²) in [5.41, 5.74) is 3.78. The summed E-state index contributed by atoms with van der Waals surface area (Å²) in [6, 6.07) is 6.52. The van der Waals surface area contributed by atoms with E-state index in [1.165, 1.54) is 16.5 Å². The predicted molar refractivity (Wildman–Crippen MR) is 64.4 cm³/mol. The Hall–Kier alpha value is -1.24. The van der Waals surface area contributed by atoms with E-state index in [-0.39, 0.29) is 5.41 Å². The molecule has 0 aliphatic rings. The minimum Gasteiger partial charge on any atom is -0.461 e. The minimum absolute atomic E-state index is 0.133. The number of rotatable bonds is 0. The number of hydrogen-bond donors (Lipinski definition) is 0. The van der Waals surface area contributed by atoms with Crippen LogP contribution in [0.3, 0.4) is 0 Å². The van der Waals surface area contributed by atoms with Gasteiger partial charge < -0.3 is 4.42 Å². The fraction of sp³-hybridized carbons (Fsp3) is 0.429. The molecule has 0 saturated carbocycles. The van der Waals surface area contributed by atoms with E-state index in [1.54, 1.807) is 0 Å². The van der Waals surface area contributed by atoms with Crippen LogP contribution in [0.15, 0.2) is 22.6 Å². The lowest BCUT2D eigenvalue weighted by Gasteiger charge is -2.19. The first-order valence-electron chi connectivity index (χ1n) is 5.39. The predicted octanol–water partition coefficient (Wildman–Crippen LogP) is 4.35. The highest BCUT2D eigenvalue weighted by molar-refractivity contribution is 5.83. The normalized spacial score (nSPS) is 12.3. The summed E-state index contributed by atoms with van der Waals surface area (Å²) in [7, 11) is 0. The standard InChI is InChI=1S/C14H18O/c1-9-6-11-8-10(2)15-13(11)12(7-9)14(3,4)5/h6-8H,1-5H3. The molecule has 1 heterocycles. The lowest BCUT2D eigenvalue weighted by Crippen LogP contribution is -2.11. The monoisotopic (exact) mass is 202 g/mol. The van der Waals surface area contributed by atoms with Crippen molar-refractivity contribution in [1.82, 2.24) is 0 Å². The van der Waals surface area contributed by atoms with Gasteiger partial charge in [0.25, 0.3) is 0 Å². The average Bonchev–Trinajstić information content (AvgIpc) is 2.41. The molecule has 0 N–H and O–H groups in total. The first-order valence-corrected chi connectivity index (χ1v) is 5.39. The Bertz CT molecular complexity index is 498. The van der Waals surface area contributed by atoms with Gasteiger partial charge >= 0.3 is 0 Å². The highest BCUT2D eigenvalue weighted by Gasteiger charge is 2.19. The zero-order valence-electron chi connectivity index (χ0n) is 10.1. The molecule has 2 rings (SSSR count). The van der Waals surface area contributed by atoms with Crippen molar-refractivity contribution in [1.29, 1.82) is 0 Å². The third-order valence-corrected chi connectivity index (χ3v) is 2.69. The summed E-state index contributed by atoms with van der Waals surface area (Å²) in [4.78, 5) is 0. The van der Waals surface area contributed by atoms with Gasteiger partial charge in [0.1, 0.15) is 11.3 Å². The van der Waals surface area contributed by atoms with Crippen molar-refractivity contribution in [2.45, 2.75) is 40.0 Å². The van der Waals surface area contributed by atoms with Gasteiger partial charge in [-0.25, -0.2) is 0 Å². The van der Waals surface area contributed by atoms with Gasteiger partial charge in [0.05, 0.1) is 0 Å². The van der Waals surface area contributed by atoms with Gasteiger partial charge in [-0.3, -0.25) is 0 Å². The third-order valence-electron chi connectivity index (χ3n) is 2.69. The summed E-state index contributed by atoms with van der Waals surface area (Å²) < 4.78 is 5.78. The maximum absolute atomic E-state index is 5.78. The topological polar surface area (TPSA) is 13.1 Å². The quantitative estimate of drug-likeness (QED) is 0.619. The Morgan fingerprint density at radius 3 is 2.27 bits per heavy atom. The summed E-state index contributed by atoms with van der Waals surface area (Å²) in [5.74, 6) is 0.987. The highest BCUT2D eigenvalue weighted by atomic mass is 16.3. The smallest absolute Gasteiger partial charge is 0.137 e. The molecule has 0 saturated heterocycles. The molecule has 0 fully saturated rings. The van der Waals surface area contributed by atoms with Gasteiger partial charge in [0.15, 0.2) is 0 Å². The Morgan fingerprint density at radius 2 is 1.67 bits per heavy atom. The summed E-state index contributed by atoms with van der Waals surface area (Å²) in [5, 5.41) is 1.22. The zero-order valence-corrected chi connectivity index (χ0v) is 10.1. The number of hydrogen-bond acceptors (Lipinski definition) is 1. The SMILES string of the molecule is Cc1cc(C(C)(C)C)c2oc(C)cc2c1. The molecule has 1 aromatic carbocycles. The van der Waals surface area contributed by atoms with E-state index in [2.05, 4.69) is 45.9 Å². The van der Waals surface area contributed by atoms with E-state index in [1.807, 2.05) is 6.92 Å². The Balaban J connectivity index is 2.82. The molecular weight excluding hydrogens is 184 g/mol. The fourth-order valence-electron chi connectivity index (χ4n) is 1.99. The van der Waals surface area contributed by atoms with Gasteiger partial charge in [0, 0.05) is 10.9 Å². The van der Waals surface area contributed by atoms with Crippen LogP contribution >= 0.6 is 0 Å². The van der Waals surface area contributed by atoms with Gasteiger partial charge in [-0.05, 0) is 37.0 Å². The van der Waals surface area contributed by atoms with Crippen molar-refractivity contribution in [2.75, 3.05) is 0 Å². The molecule has 15 heavy (non-hydrogen) atoms. The molecule has 0 unspecified atom stereocenters. The van der Waals surface area contributed by atoms with Crippen molar-refractivity contribution >= 4 is 11.0 Å². The van der Waals surface area contributed by atoms with Gasteiger partial charge in [-0.2, -0.15) is 0 Å². The van der Waals surface area contributed by atoms with Crippen molar-refractivity contribution in [2.24, 2.45) is 0 Å². The first-order chi connectivity index (χ1) is 6.88. The fourth-order valence-corrected chi connectivity index (χ4v) is 1.99. The van der Waals surface area contributed by atoms with Crippen LogP contribution in [-0.4, -0.2) is 0 Å². The molecule has 0 bridgehead atoms. The minimum atomic E-state index is 0.133. The number of benzene rings is 1. The Labute approximate surface area is 91.1 Å². The lowest BCUT2D eigenvalue weighted by atomic mass is 9.85. The lowest BCUT2D eigenvalue weighted by molar-refractivity contribution is 0.542. The van der Waals surface area contributed by atoms with Gasteiger partial charge in [-0.15, -0.1) is 0 Å². The van der Waals surface area contributed by atoms with Crippen LogP contribution < -0.4 is 0 Å². The highest BCUT2D eigenvalue weighted by Crippen LogP contribution is 2.32. The third kappa shape index (κ3) is 1.79. The molecule has 0 radical (unpaired) electrons. The maximum Gasteiger partial charge on any atom is 0.137 e. The molecule has 0 aliphatic carbocycles.